The van der Waals surface area contributed by atoms with Gasteiger partial charge in [0.1, 0.15) is 5.75 Å². The predicted octanol–water partition coefficient (Wildman–Crippen LogP) is 7.69. The molecule has 0 bridgehead atoms. The lowest BCUT2D eigenvalue weighted by Crippen LogP contribution is -2.56. The van der Waals surface area contributed by atoms with Gasteiger partial charge < -0.3 is 14.0 Å². The molecule has 0 atom stereocenters. The van der Waals surface area contributed by atoms with Crippen LogP contribution in [0.15, 0.2) is 126 Å². The fraction of sp³-hybridized carbons (Fsp3) is 0. The van der Waals surface area contributed by atoms with Gasteiger partial charge in [-0.15, -0.1) is 0 Å². The zero-order valence-electron chi connectivity index (χ0n) is 20.4. The summed E-state index contributed by atoms with van der Waals surface area (Å²) in [5.74, 6) is 0.914. The molecule has 0 spiro atoms. The van der Waals surface area contributed by atoms with Crippen molar-refractivity contribution in [3.8, 4) is 16.9 Å². The highest BCUT2D eigenvalue weighted by molar-refractivity contribution is 6.87. The molecule has 0 saturated heterocycles. The maximum Gasteiger partial charge on any atom is 0.432 e. The smallest absolute Gasteiger partial charge is 0.432 e. The summed E-state index contributed by atoms with van der Waals surface area (Å²) in [7, 11) is 0. The lowest BCUT2D eigenvalue weighted by molar-refractivity contribution is 0.589. The fourth-order valence-corrected chi connectivity index (χ4v) is 6.46. The summed E-state index contributed by atoms with van der Waals surface area (Å²) in [6, 6.07) is 41.0. The summed E-state index contributed by atoms with van der Waals surface area (Å²) < 4.78 is 13.1. The molecule has 0 N–H and O–H groups in total. The number of rotatable bonds is 1. The third-order valence-corrected chi connectivity index (χ3v) is 8.11. The molecule has 0 amide bonds. The van der Waals surface area contributed by atoms with Gasteiger partial charge in [-0.25, -0.2) is 0 Å². The van der Waals surface area contributed by atoms with Crippen molar-refractivity contribution in [2.45, 2.75) is 0 Å². The number of hydrogen-bond donors (Lipinski definition) is 0. The molecule has 0 radical (unpaired) electrons. The van der Waals surface area contributed by atoms with Crippen molar-refractivity contribution >= 4 is 67.4 Å². The minimum absolute atomic E-state index is 0.248. The second-order valence-corrected chi connectivity index (χ2v) is 10.1. The van der Waals surface area contributed by atoms with Crippen molar-refractivity contribution in [1.29, 1.82) is 0 Å². The van der Waals surface area contributed by atoms with Gasteiger partial charge in [0.15, 0.2) is 5.58 Å². The highest BCUT2D eigenvalue weighted by atomic mass is 16.4. The van der Waals surface area contributed by atoms with Crippen LogP contribution < -0.4 is 20.5 Å². The van der Waals surface area contributed by atoms with Crippen LogP contribution >= 0.6 is 0 Å². The molecule has 2 aliphatic rings. The quantitative estimate of drug-likeness (QED) is 0.223. The molecule has 3 nitrogen and oxygen atoms in total. The van der Waals surface area contributed by atoms with Gasteiger partial charge in [0.2, 0.25) is 0 Å². The van der Waals surface area contributed by atoms with E-state index in [4.69, 9.17) is 9.07 Å². The summed E-state index contributed by atoms with van der Waals surface area (Å²) in [6.07, 6.45) is 1.79. The normalized spacial score (nSPS) is 13.4. The van der Waals surface area contributed by atoms with E-state index in [1.165, 1.54) is 32.6 Å². The Labute approximate surface area is 219 Å². The Balaban J connectivity index is 1.46. The minimum Gasteiger partial charge on any atom is -0.551 e. The second-order valence-electron chi connectivity index (χ2n) is 10.1. The highest BCUT2D eigenvalue weighted by Gasteiger charge is 2.45. The summed E-state index contributed by atoms with van der Waals surface area (Å²) in [4.78, 5) is 2.38. The zero-order valence-corrected chi connectivity index (χ0v) is 20.4. The largest absolute Gasteiger partial charge is 0.551 e. The zero-order chi connectivity index (χ0) is 24.8. The average molecular weight is 485 g/mol. The Morgan fingerprint density at radius 3 is 2.32 bits per heavy atom. The number of fused-ring (bicyclic) bond motifs is 9. The third kappa shape index (κ3) is 2.59. The Kier molecular flexibility index (Phi) is 3.87. The summed E-state index contributed by atoms with van der Waals surface area (Å²) in [6.45, 7) is -0.248. The van der Waals surface area contributed by atoms with Gasteiger partial charge in [-0.1, -0.05) is 78.9 Å². The van der Waals surface area contributed by atoms with E-state index in [1.807, 2.05) is 0 Å². The van der Waals surface area contributed by atoms with E-state index in [-0.39, 0.29) is 6.92 Å². The molecular formula is C34H20BNO2. The van der Waals surface area contributed by atoms with Crippen LogP contribution in [-0.4, -0.2) is 6.92 Å². The molecule has 0 saturated carbocycles. The molecule has 3 heterocycles. The van der Waals surface area contributed by atoms with Crippen LogP contribution in [0.2, 0.25) is 0 Å². The molecular weight excluding hydrogens is 465 g/mol. The molecule has 6 aromatic carbocycles. The minimum atomic E-state index is -0.248. The summed E-state index contributed by atoms with van der Waals surface area (Å²) in [5, 5.41) is 5.92. The van der Waals surface area contributed by atoms with Gasteiger partial charge in [0.25, 0.3) is 0 Å². The number of anilines is 3. The topological polar surface area (TPSA) is 25.6 Å². The van der Waals surface area contributed by atoms with Crippen LogP contribution in [0.25, 0.3) is 43.6 Å². The average Bonchev–Trinajstić information content (AvgIpc) is 3.45. The molecule has 4 heteroatoms. The Morgan fingerprint density at radius 2 is 1.37 bits per heavy atom. The standard InChI is InChI=1S/C34H20BNO2/c1-2-9-23-19-25(15-13-21(23)7-1)36-29-16-14-22-8-3-4-10-26(22)31(29)35-32-28(27-11-5-6-12-30(27)38-35)20-24-17-18-37-34(24)33(32)36/h1-20H. The summed E-state index contributed by atoms with van der Waals surface area (Å²) in [5.41, 5.74) is 8.81. The van der Waals surface area contributed by atoms with Gasteiger partial charge in [0, 0.05) is 33.3 Å². The maximum atomic E-state index is 6.89. The molecule has 176 valence electrons. The number of para-hydroxylation sites is 1. The van der Waals surface area contributed by atoms with Gasteiger partial charge in [-0.05, 0) is 63.5 Å². The van der Waals surface area contributed by atoms with Crippen LogP contribution in [-0.2, 0) is 0 Å². The van der Waals surface area contributed by atoms with E-state index in [9.17, 15) is 0 Å². The van der Waals surface area contributed by atoms with Crippen molar-refractivity contribution < 1.29 is 9.07 Å². The van der Waals surface area contributed by atoms with Crippen LogP contribution in [0, 0.1) is 0 Å². The SMILES string of the molecule is c1ccc2c(c1)OB1c3c-2cc2ccoc2c3N(c2ccc3ccccc3c2)c2ccc3ccccc3c21. The molecule has 0 fully saturated rings. The third-order valence-electron chi connectivity index (χ3n) is 8.11. The van der Waals surface area contributed by atoms with E-state index in [1.54, 1.807) is 6.26 Å². The van der Waals surface area contributed by atoms with Crippen molar-refractivity contribution in [2.24, 2.45) is 0 Å². The van der Waals surface area contributed by atoms with Gasteiger partial charge >= 0.3 is 6.92 Å². The van der Waals surface area contributed by atoms with E-state index in [0.29, 0.717) is 0 Å². The second kappa shape index (κ2) is 7.30. The monoisotopic (exact) mass is 485 g/mol. The van der Waals surface area contributed by atoms with Crippen LogP contribution in [0.4, 0.5) is 17.1 Å². The first-order valence-corrected chi connectivity index (χ1v) is 13.0. The Bertz CT molecular complexity index is 2090. The Hall–Kier alpha value is -4.96. The van der Waals surface area contributed by atoms with Gasteiger partial charge in [-0.2, -0.15) is 0 Å². The fourth-order valence-electron chi connectivity index (χ4n) is 6.46. The lowest BCUT2D eigenvalue weighted by Gasteiger charge is -2.40. The van der Waals surface area contributed by atoms with E-state index in [0.717, 1.165) is 44.8 Å². The first kappa shape index (κ1) is 20.1. The molecule has 7 aromatic rings. The van der Waals surface area contributed by atoms with Gasteiger partial charge in [0.05, 0.1) is 12.0 Å². The van der Waals surface area contributed by atoms with Gasteiger partial charge in [-0.3, -0.25) is 0 Å². The van der Waals surface area contributed by atoms with E-state index in [2.05, 4.69) is 120 Å². The van der Waals surface area contributed by atoms with E-state index < -0.39 is 0 Å². The van der Waals surface area contributed by atoms with Crippen LogP contribution in [0.3, 0.4) is 0 Å². The van der Waals surface area contributed by atoms with Crippen molar-refractivity contribution in [1.82, 2.24) is 0 Å². The number of hydrogen-bond acceptors (Lipinski definition) is 3. The lowest BCUT2D eigenvalue weighted by atomic mass is 9.48. The van der Waals surface area contributed by atoms with Crippen LogP contribution in [0.5, 0.6) is 5.75 Å². The molecule has 9 rings (SSSR count). The van der Waals surface area contributed by atoms with Crippen molar-refractivity contribution in [3.63, 3.8) is 0 Å². The molecule has 1 aromatic heterocycles. The maximum absolute atomic E-state index is 6.89. The predicted molar refractivity (Wildman–Crippen MR) is 157 cm³/mol. The number of furan rings is 1. The first-order chi connectivity index (χ1) is 18.8. The Morgan fingerprint density at radius 1 is 0.579 bits per heavy atom. The number of benzene rings is 6. The van der Waals surface area contributed by atoms with E-state index >= 15 is 0 Å². The van der Waals surface area contributed by atoms with Crippen molar-refractivity contribution in [3.05, 3.63) is 122 Å². The molecule has 0 unspecified atom stereocenters. The highest BCUT2D eigenvalue weighted by Crippen LogP contribution is 2.47. The number of nitrogens with zero attached hydrogens (tertiary/aromatic N) is 1. The van der Waals surface area contributed by atoms with Crippen LogP contribution in [0.1, 0.15) is 0 Å². The first-order valence-electron chi connectivity index (χ1n) is 13.0. The molecule has 38 heavy (non-hydrogen) atoms. The molecule has 0 aliphatic carbocycles. The molecule has 2 aliphatic heterocycles. The summed E-state index contributed by atoms with van der Waals surface area (Å²) >= 11 is 0. The van der Waals surface area contributed by atoms with Crippen molar-refractivity contribution in [2.75, 3.05) is 4.90 Å².